The van der Waals surface area contributed by atoms with Crippen molar-refractivity contribution in [1.82, 2.24) is 10.3 Å². The van der Waals surface area contributed by atoms with E-state index in [1.54, 1.807) is 6.07 Å². The van der Waals surface area contributed by atoms with Crippen LogP contribution in [0.4, 0.5) is 0 Å². The highest BCUT2D eigenvalue weighted by Crippen LogP contribution is 2.28. The second-order valence-electron chi connectivity index (χ2n) is 5.58. The average Bonchev–Trinajstić information content (AvgIpc) is 2.31. The summed E-state index contributed by atoms with van der Waals surface area (Å²) in [5, 5.41) is 3.59. The van der Waals surface area contributed by atoms with Crippen LogP contribution in [0.3, 0.4) is 0 Å². The number of hydrogen-bond donors (Lipinski definition) is 1. The zero-order valence-electron chi connectivity index (χ0n) is 11.1. The monoisotopic (exact) mass is 300 g/mol. The van der Waals surface area contributed by atoms with Gasteiger partial charge in [-0.15, -0.1) is 0 Å². The van der Waals surface area contributed by atoms with Gasteiger partial charge in [-0.2, -0.15) is 0 Å². The SMILES string of the molecule is CC1CC(C)CC(NC(=O)c2cnc(Cl)c(Cl)c2)C1. The minimum atomic E-state index is -0.127. The maximum absolute atomic E-state index is 12.1. The van der Waals surface area contributed by atoms with Crippen molar-refractivity contribution in [3.63, 3.8) is 0 Å². The van der Waals surface area contributed by atoms with Crippen molar-refractivity contribution in [3.8, 4) is 0 Å². The number of hydrogen-bond acceptors (Lipinski definition) is 2. The molecular weight excluding hydrogens is 283 g/mol. The number of carbonyl (C=O) groups is 1. The van der Waals surface area contributed by atoms with Gasteiger partial charge in [0.05, 0.1) is 10.6 Å². The molecule has 0 saturated heterocycles. The Balaban J connectivity index is 2.02. The summed E-state index contributed by atoms with van der Waals surface area (Å²) in [5.74, 6) is 1.18. The smallest absolute Gasteiger partial charge is 0.253 e. The summed E-state index contributed by atoms with van der Waals surface area (Å²) in [6.07, 6.45) is 4.76. The van der Waals surface area contributed by atoms with Gasteiger partial charge in [0.25, 0.3) is 5.91 Å². The Morgan fingerprint density at radius 2 is 1.89 bits per heavy atom. The van der Waals surface area contributed by atoms with Crippen LogP contribution in [0.25, 0.3) is 0 Å². The summed E-state index contributed by atoms with van der Waals surface area (Å²) >= 11 is 11.6. The number of pyridine rings is 1. The molecule has 0 spiro atoms. The molecule has 3 nitrogen and oxygen atoms in total. The molecule has 2 atom stereocenters. The first-order valence-corrected chi connectivity index (χ1v) is 7.33. The maximum Gasteiger partial charge on any atom is 0.253 e. The predicted molar refractivity (Wildman–Crippen MR) is 77.7 cm³/mol. The molecule has 2 rings (SSSR count). The molecule has 1 N–H and O–H groups in total. The van der Waals surface area contributed by atoms with Crippen LogP contribution in [0.15, 0.2) is 12.3 Å². The molecule has 1 aliphatic carbocycles. The molecule has 1 amide bonds. The third-order valence-electron chi connectivity index (χ3n) is 3.57. The lowest BCUT2D eigenvalue weighted by molar-refractivity contribution is 0.0911. The number of aromatic nitrogens is 1. The molecule has 0 aliphatic heterocycles. The molecule has 0 bridgehead atoms. The molecule has 1 heterocycles. The number of rotatable bonds is 2. The van der Waals surface area contributed by atoms with Crippen molar-refractivity contribution in [2.45, 2.75) is 39.2 Å². The molecule has 1 aliphatic rings. The number of amides is 1. The molecule has 0 aromatic carbocycles. The van der Waals surface area contributed by atoms with Gasteiger partial charge in [-0.25, -0.2) is 4.98 Å². The lowest BCUT2D eigenvalue weighted by Crippen LogP contribution is -2.40. The summed E-state index contributed by atoms with van der Waals surface area (Å²) in [5.41, 5.74) is 0.459. The van der Waals surface area contributed by atoms with Gasteiger partial charge in [-0.05, 0) is 37.2 Å². The Bertz CT molecular complexity index is 469. The van der Waals surface area contributed by atoms with Gasteiger partial charge >= 0.3 is 0 Å². The first-order valence-electron chi connectivity index (χ1n) is 6.57. The lowest BCUT2D eigenvalue weighted by Gasteiger charge is -2.31. The van der Waals surface area contributed by atoms with E-state index in [-0.39, 0.29) is 17.1 Å². The van der Waals surface area contributed by atoms with Gasteiger partial charge in [0.1, 0.15) is 5.15 Å². The van der Waals surface area contributed by atoms with E-state index in [9.17, 15) is 4.79 Å². The highest BCUT2D eigenvalue weighted by atomic mass is 35.5. The van der Waals surface area contributed by atoms with Crippen molar-refractivity contribution < 1.29 is 4.79 Å². The summed E-state index contributed by atoms with van der Waals surface area (Å²) in [4.78, 5) is 16.0. The van der Waals surface area contributed by atoms with E-state index in [0.29, 0.717) is 22.4 Å². The van der Waals surface area contributed by atoms with Gasteiger partial charge in [0.2, 0.25) is 0 Å². The first-order chi connectivity index (χ1) is 8.95. The largest absolute Gasteiger partial charge is 0.349 e. The van der Waals surface area contributed by atoms with Crippen molar-refractivity contribution in [1.29, 1.82) is 0 Å². The van der Waals surface area contributed by atoms with Gasteiger partial charge in [0.15, 0.2) is 0 Å². The molecule has 19 heavy (non-hydrogen) atoms. The third kappa shape index (κ3) is 3.83. The van der Waals surface area contributed by atoms with Crippen molar-refractivity contribution in [2.24, 2.45) is 11.8 Å². The second-order valence-corrected chi connectivity index (χ2v) is 6.35. The first kappa shape index (κ1) is 14.6. The van der Waals surface area contributed by atoms with E-state index in [0.717, 1.165) is 12.8 Å². The van der Waals surface area contributed by atoms with Crippen LogP contribution in [-0.2, 0) is 0 Å². The molecule has 104 valence electrons. The summed E-state index contributed by atoms with van der Waals surface area (Å²) in [6, 6.07) is 1.79. The van der Waals surface area contributed by atoms with Crippen molar-refractivity contribution in [3.05, 3.63) is 28.0 Å². The minimum Gasteiger partial charge on any atom is -0.349 e. The van der Waals surface area contributed by atoms with Gasteiger partial charge in [-0.1, -0.05) is 37.0 Å². The van der Waals surface area contributed by atoms with E-state index in [1.807, 2.05) is 0 Å². The topological polar surface area (TPSA) is 42.0 Å². The summed E-state index contributed by atoms with van der Waals surface area (Å²) in [7, 11) is 0. The van der Waals surface area contributed by atoms with Gasteiger partial charge in [0, 0.05) is 12.2 Å². The average molecular weight is 301 g/mol. The Morgan fingerprint density at radius 3 is 2.47 bits per heavy atom. The van der Waals surface area contributed by atoms with E-state index < -0.39 is 0 Å². The zero-order chi connectivity index (χ0) is 14.0. The molecular formula is C14H18Cl2N2O. The van der Waals surface area contributed by atoms with Crippen LogP contribution in [0, 0.1) is 11.8 Å². The molecule has 1 saturated carbocycles. The highest BCUT2D eigenvalue weighted by molar-refractivity contribution is 6.41. The lowest BCUT2D eigenvalue weighted by atomic mass is 9.80. The van der Waals surface area contributed by atoms with Crippen LogP contribution in [0.1, 0.15) is 43.5 Å². The summed E-state index contributed by atoms with van der Waals surface area (Å²) in [6.45, 7) is 4.46. The fourth-order valence-electron chi connectivity index (χ4n) is 2.88. The van der Waals surface area contributed by atoms with Crippen molar-refractivity contribution >= 4 is 29.1 Å². The van der Waals surface area contributed by atoms with Crippen molar-refractivity contribution in [2.75, 3.05) is 0 Å². The van der Waals surface area contributed by atoms with Gasteiger partial charge in [-0.3, -0.25) is 4.79 Å². The normalized spacial score (nSPS) is 27.1. The molecule has 5 heteroatoms. The third-order valence-corrected chi connectivity index (χ3v) is 4.26. The van der Waals surface area contributed by atoms with Crippen LogP contribution in [-0.4, -0.2) is 16.9 Å². The Labute approximate surface area is 123 Å². The molecule has 1 aromatic heterocycles. The number of carbonyl (C=O) groups excluding carboxylic acids is 1. The zero-order valence-corrected chi connectivity index (χ0v) is 12.6. The molecule has 2 unspecified atom stereocenters. The molecule has 1 aromatic rings. The molecule has 0 radical (unpaired) electrons. The van der Waals surface area contributed by atoms with Crippen LogP contribution in [0.5, 0.6) is 0 Å². The minimum absolute atomic E-state index is 0.127. The highest BCUT2D eigenvalue weighted by Gasteiger charge is 2.25. The Kier molecular flexibility index (Phi) is 4.69. The van der Waals surface area contributed by atoms with Crippen LogP contribution in [0.2, 0.25) is 10.2 Å². The fraction of sp³-hybridized carbons (Fsp3) is 0.571. The Hall–Kier alpha value is -0.800. The quantitative estimate of drug-likeness (QED) is 0.841. The number of nitrogens with zero attached hydrogens (tertiary/aromatic N) is 1. The number of halogens is 2. The molecule has 1 fully saturated rings. The van der Waals surface area contributed by atoms with E-state index in [2.05, 4.69) is 24.1 Å². The predicted octanol–water partition coefficient (Wildman–Crippen LogP) is 3.94. The van der Waals surface area contributed by atoms with Crippen LogP contribution >= 0.6 is 23.2 Å². The van der Waals surface area contributed by atoms with E-state index in [4.69, 9.17) is 23.2 Å². The maximum atomic E-state index is 12.1. The standard InChI is InChI=1S/C14H18Cl2N2O/c1-8-3-9(2)5-11(4-8)18-14(19)10-6-12(15)13(16)17-7-10/h6-9,11H,3-5H2,1-2H3,(H,18,19). The van der Waals surface area contributed by atoms with Gasteiger partial charge < -0.3 is 5.32 Å². The van der Waals surface area contributed by atoms with E-state index >= 15 is 0 Å². The Morgan fingerprint density at radius 1 is 1.26 bits per heavy atom. The number of nitrogens with one attached hydrogen (secondary N) is 1. The van der Waals surface area contributed by atoms with Crippen LogP contribution < -0.4 is 5.32 Å². The van der Waals surface area contributed by atoms with E-state index in [1.165, 1.54) is 12.6 Å². The summed E-state index contributed by atoms with van der Waals surface area (Å²) < 4.78 is 0. The second kappa shape index (κ2) is 6.10. The fourth-order valence-corrected chi connectivity index (χ4v) is 3.15.